The Morgan fingerprint density at radius 2 is 2.14 bits per heavy atom. The molecule has 8 heteroatoms. The normalized spacial score (nSPS) is 16.4. The Kier molecular flexibility index (Phi) is 5.73. The number of nitrogens with one attached hydrogen (secondary N) is 1. The minimum absolute atomic E-state index is 0.101. The molecular weight excluding hydrogens is 380 g/mol. The molecule has 0 bridgehead atoms. The number of ether oxygens (including phenoxy) is 1. The summed E-state index contributed by atoms with van der Waals surface area (Å²) >= 11 is 5.90. The summed E-state index contributed by atoms with van der Waals surface area (Å²) in [5, 5.41) is 7.88. The van der Waals surface area contributed by atoms with Crippen LogP contribution in [0.5, 0.6) is 0 Å². The van der Waals surface area contributed by atoms with Gasteiger partial charge in [-0.2, -0.15) is 5.10 Å². The summed E-state index contributed by atoms with van der Waals surface area (Å²) in [6.07, 6.45) is 5.07. The van der Waals surface area contributed by atoms with Crippen molar-refractivity contribution in [2.45, 2.75) is 25.8 Å². The lowest BCUT2D eigenvalue weighted by Gasteiger charge is -2.12. The predicted molar refractivity (Wildman–Crippen MR) is 105 cm³/mol. The van der Waals surface area contributed by atoms with Crippen LogP contribution in [0.1, 0.15) is 18.7 Å². The van der Waals surface area contributed by atoms with Crippen LogP contribution in [0.3, 0.4) is 0 Å². The summed E-state index contributed by atoms with van der Waals surface area (Å²) in [5.41, 5.74) is 0.896. The molecule has 4 rings (SSSR count). The maximum atomic E-state index is 12.3. The van der Waals surface area contributed by atoms with E-state index in [9.17, 15) is 4.79 Å². The molecule has 1 aromatic carbocycles. The highest BCUT2D eigenvalue weighted by molar-refractivity contribution is 6.30. The molecule has 2 aromatic heterocycles. The zero-order valence-electron chi connectivity index (χ0n) is 15.3. The van der Waals surface area contributed by atoms with Crippen LogP contribution in [-0.2, 0) is 22.5 Å². The fraction of sp³-hybridized carbons (Fsp3) is 0.350. The van der Waals surface area contributed by atoms with E-state index < -0.39 is 0 Å². The van der Waals surface area contributed by atoms with Gasteiger partial charge in [0.15, 0.2) is 11.7 Å². The molecule has 1 aliphatic rings. The van der Waals surface area contributed by atoms with Crippen LogP contribution in [0, 0.1) is 5.92 Å². The van der Waals surface area contributed by atoms with Gasteiger partial charge in [0.2, 0.25) is 5.91 Å². The number of hydrogen-bond donors (Lipinski definition) is 1. The third-order valence-electron chi connectivity index (χ3n) is 4.69. The summed E-state index contributed by atoms with van der Waals surface area (Å²) in [5.74, 6) is 2.22. The summed E-state index contributed by atoms with van der Waals surface area (Å²) in [7, 11) is 0. The average Bonchev–Trinajstić information content (AvgIpc) is 3.44. The van der Waals surface area contributed by atoms with Crippen molar-refractivity contribution in [2.75, 3.05) is 18.5 Å². The van der Waals surface area contributed by atoms with Crippen LogP contribution in [0.4, 0.5) is 5.82 Å². The number of aryl methyl sites for hydroxylation is 1. The minimum atomic E-state index is -0.101. The Hall–Kier alpha value is -2.64. The average molecular weight is 401 g/mol. The van der Waals surface area contributed by atoms with Gasteiger partial charge in [0.25, 0.3) is 0 Å². The van der Waals surface area contributed by atoms with Crippen molar-refractivity contribution >= 4 is 23.3 Å². The molecular formula is C20H21ClN4O3. The highest BCUT2D eigenvalue weighted by Gasteiger charge is 2.18. The Morgan fingerprint density at radius 3 is 2.93 bits per heavy atom. The molecule has 7 nitrogen and oxygen atoms in total. The molecule has 1 N–H and O–H groups in total. The lowest BCUT2D eigenvalue weighted by Crippen LogP contribution is -2.19. The Bertz CT molecular complexity index is 929. The molecule has 0 aliphatic carbocycles. The molecule has 1 amide bonds. The van der Waals surface area contributed by atoms with Crippen LogP contribution in [0.15, 0.2) is 47.1 Å². The van der Waals surface area contributed by atoms with Gasteiger partial charge in [-0.3, -0.25) is 4.79 Å². The maximum Gasteiger partial charge on any atom is 0.226 e. The van der Waals surface area contributed by atoms with Gasteiger partial charge >= 0.3 is 0 Å². The number of hydrogen-bond acceptors (Lipinski definition) is 5. The molecule has 3 heterocycles. The van der Waals surface area contributed by atoms with Gasteiger partial charge in [0.1, 0.15) is 5.82 Å². The summed E-state index contributed by atoms with van der Waals surface area (Å²) in [6.45, 7) is 2.28. The molecule has 0 radical (unpaired) electrons. The predicted octanol–water partition coefficient (Wildman–Crippen LogP) is 3.80. The first-order valence-corrected chi connectivity index (χ1v) is 9.65. The van der Waals surface area contributed by atoms with Crippen molar-refractivity contribution in [3.63, 3.8) is 0 Å². The largest absolute Gasteiger partial charge is 0.441 e. The van der Waals surface area contributed by atoms with Crippen LogP contribution < -0.4 is 5.32 Å². The molecule has 1 fully saturated rings. The number of rotatable bonds is 7. The van der Waals surface area contributed by atoms with E-state index in [2.05, 4.69) is 15.4 Å². The van der Waals surface area contributed by atoms with Crippen molar-refractivity contribution in [1.82, 2.24) is 14.8 Å². The SMILES string of the molecule is O=C(CCc1ncc(-c2ccc(Cl)cc2)o1)Nc1ccnn1C[C@H]1CCOC1. The maximum absolute atomic E-state index is 12.3. The third-order valence-corrected chi connectivity index (χ3v) is 4.94. The summed E-state index contributed by atoms with van der Waals surface area (Å²) in [6, 6.07) is 9.14. The second kappa shape index (κ2) is 8.58. The molecule has 0 spiro atoms. The van der Waals surface area contributed by atoms with E-state index in [0.717, 1.165) is 31.7 Å². The first kappa shape index (κ1) is 18.7. The van der Waals surface area contributed by atoms with Crippen molar-refractivity contribution in [1.29, 1.82) is 0 Å². The number of halogens is 1. The first-order valence-electron chi connectivity index (χ1n) is 9.27. The third kappa shape index (κ3) is 4.61. The number of amides is 1. The Labute approximate surface area is 167 Å². The molecule has 0 unspecified atom stereocenters. The lowest BCUT2D eigenvalue weighted by molar-refractivity contribution is -0.116. The van der Waals surface area contributed by atoms with Crippen LogP contribution >= 0.6 is 11.6 Å². The van der Waals surface area contributed by atoms with E-state index in [0.29, 0.717) is 34.8 Å². The molecule has 1 saturated heterocycles. The number of benzene rings is 1. The van der Waals surface area contributed by atoms with Crippen molar-refractivity contribution < 1.29 is 13.9 Å². The second-order valence-corrected chi connectivity index (χ2v) is 7.24. The van der Waals surface area contributed by atoms with E-state index in [1.807, 2.05) is 16.8 Å². The zero-order chi connectivity index (χ0) is 19.3. The van der Waals surface area contributed by atoms with Crippen LogP contribution in [-0.4, -0.2) is 33.9 Å². The smallest absolute Gasteiger partial charge is 0.226 e. The van der Waals surface area contributed by atoms with Gasteiger partial charge in [-0.05, 0) is 30.7 Å². The van der Waals surface area contributed by atoms with E-state index in [1.54, 1.807) is 30.6 Å². The Balaban J connectivity index is 1.30. The monoisotopic (exact) mass is 400 g/mol. The van der Waals surface area contributed by atoms with Crippen molar-refractivity contribution in [2.24, 2.45) is 5.92 Å². The zero-order valence-corrected chi connectivity index (χ0v) is 16.1. The van der Waals surface area contributed by atoms with Gasteiger partial charge in [-0.25, -0.2) is 9.67 Å². The van der Waals surface area contributed by atoms with Gasteiger partial charge in [-0.15, -0.1) is 0 Å². The van der Waals surface area contributed by atoms with Gasteiger partial charge < -0.3 is 14.5 Å². The second-order valence-electron chi connectivity index (χ2n) is 6.80. The topological polar surface area (TPSA) is 82.2 Å². The van der Waals surface area contributed by atoms with Crippen molar-refractivity contribution in [3.8, 4) is 11.3 Å². The van der Waals surface area contributed by atoms with Crippen LogP contribution in [0.2, 0.25) is 5.02 Å². The van der Waals surface area contributed by atoms with E-state index >= 15 is 0 Å². The quantitative estimate of drug-likeness (QED) is 0.652. The Morgan fingerprint density at radius 1 is 1.29 bits per heavy atom. The summed E-state index contributed by atoms with van der Waals surface area (Å²) < 4.78 is 13.0. The minimum Gasteiger partial charge on any atom is -0.441 e. The van der Waals surface area contributed by atoms with E-state index in [4.69, 9.17) is 20.8 Å². The van der Waals surface area contributed by atoms with Gasteiger partial charge in [-0.1, -0.05) is 11.6 Å². The number of anilines is 1. The molecule has 146 valence electrons. The highest BCUT2D eigenvalue weighted by atomic mass is 35.5. The number of carbonyl (C=O) groups excluding carboxylic acids is 1. The molecule has 3 aromatic rings. The highest BCUT2D eigenvalue weighted by Crippen LogP contribution is 2.23. The van der Waals surface area contributed by atoms with E-state index in [1.165, 1.54) is 0 Å². The molecule has 28 heavy (non-hydrogen) atoms. The fourth-order valence-corrected chi connectivity index (χ4v) is 3.28. The number of nitrogens with zero attached hydrogens (tertiary/aromatic N) is 3. The number of oxazole rings is 1. The fourth-order valence-electron chi connectivity index (χ4n) is 3.16. The summed E-state index contributed by atoms with van der Waals surface area (Å²) in [4.78, 5) is 16.6. The molecule has 1 aliphatic heterocycles. The van der Waals surface area contributed by atoms with Crippen molar-refractivity contribution in [3.05, 3.63) is 53.6 Å². The van der Waals surface area contributed by atoms with Gasteiger partial charge in [0, 0.05) is 48.6 Å². The molecule has 0 saturated carbocycles. The molecule has 1 atom stereocenters. The first-order chi connectivity index (χ1) is 13.7. The number of aromatic nitrogens is 3. The lowest BCUT2D eigenvalue weighted by atomic mass is 10.1. The number of carbonyl (C=O) groups is 1. The van der Waals surface area contributed by atoms with Crippen LogP contribution in [0.25, 0.3) is 11.3 Å². The van der Waals surface area contributed by atoms with E-state index in [-0.39, 0.29) is 12.3 Å². The standard InChI is InChI=1S/C20H21ClN4O3/c21-16-3-1-15(2-4-16)17-11-22-20(28-17)6-5-19(26)24-18-7-9-23-25(18)12-14-8-10-27-13-14/h1-4,7,9,11,14H,5-6,8,10,12-13H2,(H,24,26)/t14-/m1/s1. The van der Waals surface area contributed by atoms with Gasteiger partial charge in [0.05, 0.1) is 19.0 Å².